The Morgan fingerprint density at radius 1 is 0.958 bits per heavy atom. The largest absolute Gasteiger partial charge is 0.369 e. The van der Waals surface area contributed by atoms with Crippen LogP contribution in [0.25, 0.3) is 0 Å². The summed E-state index contributed by atoms with van der Waals surface area (Å²) in [7, 11) is 0. The first-order chi connectivity index (χ1) is 10.7. The van der Waals surface area contributed by atoms with E-state index < -0.39 is 0 Å². The van der Waals surface area contributed by atoms with E-state index in [1.807, 2.05) is 0 Å². The van der Waals surface area contributed by atoms with Gasteiger partial charge in [0.1, 0.15) is 0 Å². The molecule has 1 amide bonds. The summed E-state index contributed by atoms with van der Waals surface area (Å²) in [5, 5.41) is 3.53. The quantitative estimate of drug-likeness (QED) is 0.755. The van der Waals surface area contributed by atoms with Gasteiger partial charge in [-0.3, -0.25) is 4.79 Å². The summed E-state index contributed by atoms with van der Waals surface area (Å²) in [6.07, 6.45) is 6.00. The predicted octanol–water partition coefficient (Wildman–Crippen LogP) is 1.35. The number of likely N-dealkylation sites (tertiary alicyclic amines) is 2. The highest BCUT2D eigenvalue weighted by Gasteiger charge is 2.29. The highest BCUT2D eigenvalue weighted by atomic mass is 35.5. The van der Waals surface area contributed by atoms with Gasteiger partial charge in [0, 0.05) is 25.6 Å². The molecule has 3 heterocycles. The van der Waals surface area contributed by atoms with E-state index in [0.717, 1.165) is 37.8 Å². The van der Waals surface area contributed by atoms with Gasteiger partial charge in [0.25, 0.3) is 0 Å². The number of primary amides is 1. The Kier molecular flexibility index (Phi) is 9.90. The summed E-state index contributed by atoms with van der Waals surface area (Å²) in [5.74, 6) is 1.70. The van der Waals surface area contributed by atoms with Crippen LogP contribution < -0.4 is 11.1 Å². The van der Waals surface area contributed by atoms with E-state index in [4.69, 9.17) is 5.73 Å². The van der Waals surface area contributed by atoms with Crippen LogP contribution in [0.1, 0.15) is 32.1 Å². The minimum absolute atomic E-state index is 0. The Hall–Kier alpha value is -0.0700. The molecule has 3 fully saturated rings. The van der Waals surface area contributed by atoms with E-state index in [1.54, 1.807) is 0 Å². The molecule has 3 aliphatic heterocycles. The molecule has 142 valence electrons. The van der Waals surface area contributed by atoms with Crippen molar-refractivity contribution in [3.05, 3.63) is 0 Å². The number of hydrogen-bond donors (Lipinski definition) is 2. The van der Waals surface area contributed by atoms with Crippen LogP contribution in [-0.2, 0) is 4.79 Å². The number of rotatable bonds is 5. The molecule has 0 spiro atoms. The molecule has 3 N–H and O–H groups in total. The van der Waals surface area contributed by atoms with Crippen molar-refractivity contribution in [3.63, 3.8) is 0 Å². The fourth-order valence-electron chi connectivity index (χ4n) is 4.44. The van der Waals surface area contributed by atoms with E-state index in [9.17, 15) is 4.79 Å². The Labute approximate surface area is 158 Å². The van der Waals surface area contributed by atoms with Gasteiger partial charge in [-0.25, -0.2) is 0 Å². The molecule has 3 rings (SSSR count). The molecule has 0 radical (unpaired) electrons. The second kappa shape index (κ2) is 10.8. The van der Waals surface area contributed by atoms with Gasteiger partial charge < -0.3 is 20.9 Å². The van der Waals surface area contributed by atoms with E-state index in [1.165, 1.54) is 58.5 Å². The molecule has 0 aromatic rings. The lowest BCUT2D eigenvalue weighted by Crippen LogP contribution is -2.41. The van der Waals surface area contributed by atoms with Gasteiger partial charge in [0.15, 0.2) is 0 Å². The number of nitrogens with two attached hydrogens (primary N) is 1. The molecular weight excluding hydrogens is 347 g/mol. The molecule has 3 aliphatic rings. The lowest BCUT2D eigenvalue weighted by molar-refractivity contribution is -0.123. The first kappa shape index (κ1) is 22.0. The SMILES string of the molecule is Cl.Cl.NC(=O)C1CCN(C[C@@H]2CCN(C[C@@H]3CCCNC3)C2)CC1. The Morgan fingerprint density at radius 2 is 1.62 bits per heavy atom. The molecule has 5 nitrogen and oxygen atoms in total. The molecule has 2 atom stereocenters. The van der Waals surface area contributed by atoms with Crippen molar-refractivity contribution in [2.45, 2.75) is 32.1 Å². The van der Waals surface area contributed by atoms with Crippen molar-refractivity contribution in [1.82, 2.24) is 15.1 Å². The number of amides is 1. The summed E-state index contributed by atoms with van der Waals surface area (Å²) in [6.45, 7) is 9.57. The van der Waals surface area contributed by atoms with Gasteiger partial charge in [0.05, 0.1) is 0 Å². The Morgan fingerprint density at radius 3 is 2.25 bits per heavy atom. The lowest BCUT2D eigenvalue weighted by atomic mass is 9.95. The van der Waals surface area contributed by atoms with Crippen molar-refractivity contribution in [2.75, 3.05) is 52.4 Å². The van der Waals surface area contributed by atoms with E-state index in [2.05, 4.69) is 15.1 Å². The topological polar surface area (TPSA) is 61.6 Å². The molecule has 3 saturated heterocycles. The molecule has 24 heavy (non-hydrogen) atoms. The lowest BCUT2D eigenvalue weighted by Gasteiger charge is -2.32. The number of nitrogens with one attached hydrogen (secondary N) is 1. The van der Waals surface area contributed by atoms with Crippen molar-refractivity contribution < 1.29 is 4.79 Å². The van der Waals surface area contributed by atoms with Gasteiger partial charge in [-0.05, 0) is 76.7 Å². The normalized spacial score (nSPS) is 29.7. The first-order valence-corrected chi connectivity index (χ1v) is 9.15. The van der Waals surface area contributed by atoms with Crippen LogP contribution >= 0.6 is 24.8 Å². The van der Waals surface area contributed by atoms with Gasteiger partial charge in [-0.15, -0.1) is 24.8 Å². The van der Waals surface area contributed by atoms with Crippen molar-refractivity contribution in [1.29, 1.82) is 0 Å². The zero-order valence-corrected chi connectivity index (χ0v) is 16.3. The number of piperidine rings is 2. The molecule has 0 aromatic heterocycles. The first-order valence-electron chi connectivity index (χ1n) is 9.15. The predicted molar refractivity (Wildman–Crippen MR) is 103 cm³/mol. The fourth-order valence-corrected chi connectivity index (χ4v) is 4.44. The average molecular weight is 381 g/mol. The van der Waals surface area contributed by atoms with Gasteiger partial charge in [0.2, 0.25) is 5.91 Å². The zero-order chi connectivity index (χ0) is 15.4. The van der Waals surface area contributed by atoms with Crippen LogP contribution in [0.2, 0.25) is 0 Å². The second-order valence-electron chi connectivity index (χ2n) is 7.60. The third kappa shape index (κ3) is 6.34. The summed E-state index contributed by atoms with van der Waals surface area (Å²) in [5.41, 5.74) is 5.41. The van der Waals surface area contributed by atoms with E-state index in [0.29, 0.717) is 0 Å². The van der Waals surface area contributed by atoms with Crippen LogP contribution in [0.5, 0.6) is 0 Å². The summed E-state index contributed by atoms with van der Waals surface area (Å²) in [6, 6.07) is 0. The fraction of sp³-hybridized carbons (Fsp3) is 0.941. The van der Waals surface area contributed by atoms with Crippen molar-refractivity contribution >= 4 is 30.7 Å². The van der Waals surface area contributed by atoms with Crippen molar-refractivity contribution in [3.8, 4) is 0 Å². The van der Waals surface area contributed by atoms with Crippen LogP contribution in [0, 0.1) is 17.8 Å². The maximum Gasteiger partial charge on any atom is 0.220 e. The van der Waals surface area contributed by atoms with Crippen molar-refractivity contribution in [2.24, 2.45) is 23.5 Å². The highest BCUT2D eigenvalue weighted by Crippen LogP contribution is 2.23. The number of carbonyl (C=O) groups is 1. The number of hydrogen-bond acceptors (Lipinski definition) is 4. The number of nitrogens with zero attached hydrogens (tertiary/aromatic N) is 2. The van der Waals surface area contributed by atoms with Crippen LogP contribution in [-0.4, -0.2) is 68.1 Å². The van der Waals surface area contributed by atoms with Gasteiger partial charge in [-0.1, -0.05) is 0 Å². The summed E-state index contributed by atoms with van der Waals surface area (Å²) in [4.78, 5) is 16.5. The second-order valence-corrected chi connectivity index (χ2v) is 7.60. The Bertz CT molecular complexity index is 372. The minimum Gasteiger partial charge on any atom is -0.369 e. The van der Waals surface area contributed by atoms with E-state index >= 15 is 0 Å². The molecule has 0 aromatic carbocycles. The molecule has 0 unspecified atom stereocenters. The van der Waals surface area contributed by atoms with Crippen LogP contribution in [0.4, 0.5) is 0 Å². The highest BCUT2D eigenvalue weighted by molar-refractivity contribution is 5.85. The maximum atomic E-state index is 11.2. The average Bonchev–Trinajstić information content (AvgIpc) is 2.96. The zero-order valence-electron chi connectivity index (χ0n) is 14.6. The van der Waals surface area contributed by atoms with Gasteiger partial charge >= 0.3 is 0 Å². The maximum absolute atomic E-state index is 11.2. The molecule has 0 aliphatic carbocycles. The molecule has 0 saturated carbocycles. The Balaban J connectivity index is 0.00000144. The van der Waals surface area contributed by atoms with Gasteiger partial charge in [-0.2, -0.15) is 0 Å². The third-order valence-corrected chi connectivity index (χ3v) is 5.79. The molecule has 0 bridgehead atoms. The minimum atomic E-state index is -0.104. The number of halogens is 2. The summed E-state index contributed by atoms with van der Waals surface area (Å²) >= 11 is 0. The summed E-state index contributed by atoms with van der Waals surface area (Å²) < 4.78 is 0. The standard InChI is InChI=1S/C17H32N4O.2ClH/c18-17(22)16-4-8-20(9-5-16)12-15-3-7-21(13-15)11-14-2-1-6-19-10-14;;/h14-16,19H,1-13H2,(H2,18,22);2*1H/t14-,15+;;/m1../s1. The third-order valence-electron chi connectivity index (χ3n) is 5.79. The monoisotopic (exact) mass is 380 g/mol. The number of carbonyl (C=O) groups excluding carboxylic acids is 1. The smallest absolute Gasteiger partial charge is 0.220 e. The van der Waals surface area contributed by atoms with E-state index in [-0.39, 0.29) is 36.6 Å². The van der Waals surface area contributed by atoms with Crippen LogP contribution in [0.15, 0.2) is 0 Å². The van der Waals surface area contributed by atoms with Crippen LogP contribution in [0.3, 0.4) is 0 Å². The molecule has 7 heteroatoms. The molecular formula is C17H34Cl2N4O.